The number of benzene rings is 2. The smallest absolute Gasteiger partial charge is 0.225 e. The molecule has 0 bridgehead atoms. The van der Waals surface area contributed by atoms with Crippen LogP contribution in [0.3, 0.4) is 0 Å². The van der Waals surface area contributed by atoms with E-state index in [0.717, 1.165) is 0 Å². The monoisotopic (exact) mass is 301 g/mol. The summed E-state index contributed by atoms with van der Waals surface area (Å²) in [7, 11) is -3.97. The average Bonchev–Trinajstić information content (AvgIpc) is 2.35. The van der Waals surface area contributed by atoms with Gasteiger partial charge in [-0.25, -0.2) is 26.7 Å². The van der Waals surface area contributed by atoms with Crippen LogP contribution in [0.4, 0.5) is 13.2 Å². The SMILES string of the molecule is NS(=O)(=O)c1ccccc1Cc1cc(F)c(F)cc1F. The van der Waals surface area contributed by atoms with Gasteiger partial charge in [-0.3, -0.25) is 0 Å². The van der Waals surface area contributed by atoms with Crippen LogP contribution in [0, 0.1) is 17.5 Å². The second kappa shape index (κ2) is 5.26. The summed E-state index contributed by atoms with van der Waals surface area (Å²) in [6.45, 7) is 0. The topological polar surface area (TPSA) is 60.2 Å². The molecule has 2 N–H and O–H groups in total. The highest BCUT2D eigenvalue weighted by atomic mass is 32.2. The van der Waals surface area contributed by atoms with Crippen LogP contribution < -0.4 is 5.14 Å². The lowest BCUT2D eigenvalue weighted by Crippen LogP contribution is -2.14. The fraction of sp³-hybridized carbons (Fsp3) is 0.0769. The fourth-order valence-corrected chi connectivity index (χ4v) is 2.61. The van der Waals surface area contributed by atoms with Crippen molar-refractivity contribution in [2.75, 3.05) is 0 Å². The van der Waals surface area contributed by atoms with E-state index in [0.29, 0.717) is 12.1 Å². The van der Waals surface area contributed by atoms with Crippen LogP contribution in [0.25, 0.3) is 0 Å². The first-order chi connectivity index (χ1) is 9.29. The molecule has 0 atom stereocenters. The second-order valence-corrected chi connectivity index (χ2v) is 5.72. The van der Waals surface area contributed by atoms with Gasteiger partial charge in [0.25, 0.3) is 0 Å². The summed E-state index contributed by atoms with van der Waals surface area (Å²) >= 11 is 0. The number of rotatable bonds is 3. The van der Waals surface area contributed by atoms with Crippen molar-refractivity contribution in [2.24, 2.45) is 5.14 Å². The van der Waals surface area contributed by atoms with Gasteiger partial charge in [0.05, 0.1) is 4.90 Å². The van der Waals surface area contributed by atoms with Crippen molar-refractivity contribution < 1.29 is 21.6 Å². The van der Waals surface area contributed by atoms with Crippen LogP contribution in [-0.4, -0.2) is 8.42 Å². The van der Waals surface area contributed by atoms with Crippen molar-refractivity contribution in [3.05, 3.63) is 65.0 Å². The maximum atomic E-state index is 13.6. The molecule has 2 aromatic rings. The Morgan fingerprint density at radius 3 is 2.15 bits per heavy atom. The Bertz CT molecular complexity index is 760. The lowest BCUT2D eigenvalue weighted by molar-refractivity contribution is 0.491. The molecule has 106 valence electrons. The van der Waals surface area contributed by atoms with E-state index in [4.69, 9.17) is 5.14 Å². The summed E-state index contributed by atoms with van der Waals surface area (Å²) in [4.78, 5) is -0.177. The van der Waals surface area contributed by atoms with Gasteiger partial charge < -0.3 is 0 Å². The van der Waals surface area contributed by atoms with Gasteiger partial charge in [0, 0.05) is 12.5 Å². The van der Waals surface area contributed by atoms with Crippen molar-refractivity contribution >= 4 is 10.0 Å². The van der Waals surface area contributed by atoms with Gasteiger partial charge >= 0.3 is 0 Å². The molecule has 0 saturated heterocycles. The summed E-state index contributed by atoms with van der Waals surface area (Å²) < 4.78 is 62.3. The molecule has 7 heteroatoms. The molecular weight excluding hydrogens is 291 g/mol. The summed E-state index contributed by atoms with van der Waals surface area (Å²) in [6.07, 6.45) is -0.213. The molecule has 0 saturated carbocycles. The normalized spacial score (nSPS) is 11.6. The number of halogens is 3. The molecule has 0 aliphatic heterocycles. The number of nitrogens with two attached hydrogens (primary N) is 1. The number of primary sulfonamides is 1. The van der Waals surface area contributed by atoms with Crippen molar-refractivity contribution in [2.45, 2.75) is 11.3 Å². The maximum absolute atomic E-state index is 13.6. The summed E-state index contributed by atoms with van der Waals surface area (Å²) in [5.41, 5.74) is 0.0555. The first kappa shape index (κ1) is 14.5. The largest absolute Gasteiger partial charge is 0.238 e. The Balaban J connectivity index is 2.49. The molecule has 20 heavy (non-hydrogen) atoms. The van der Waals surface area contributed by atoms with Gasteiger partial charge in [-0.2, -0.15) is 0 Å². The number of hydrogen-bond acceptors (Lipinski definition) is 2. The lowest BCUT2D eigenvalue weighted by atomic mass is 10.0. The van der Waals surface area contributed by atoms with Crippen molar-refractivity contribution in [1.82, 2.24) is 0 Å². The Labute approximate surface area is 113 Å². The molecule has 0 spiro atoms. The van der Waals surface area contributed by atoms with Gasteiger partial charge in [0.15, 0.2) is 11.6 Å². The van der Waals surface area contributed by atoms with E-state index in [1.165, 1.54) is 18.2 Å². The third kappa shape index (κ3) is 3.00. The van der Waals surface area contributed by atoms with Gasteiger partial charge in [0.1, 0.15) is 5.82 Å². The van der Waals surface area contributed by atoms with Gasteiger partial charge in [-0.05, 0) is 23.3 Å². The summed E-state index contributed by atoms with van der Waals surface area (Å²) in [5.74, 6) is -3.45. The van der Waals surface area contributed by atoms with Gasteiger partial charge in [-0.15, -0.1) is 0 Å². The molecule has 0 aliphatic rings. The third-order valence-corrected chi connectivity index (χ3v) is 3.76. The van der Waals surface area contributed by atoms with Gasteiger partial charge in [-0.1, -0.05) is 18.2 Å². The number of hydrogen-bond donors (Lipinski definition) is 1. The Kier molecular flexibility index (Phi) is 3.82. The van der Waals surface area contributed by atoms with E-state index in [2.05, 4.69) is 0 Å². The van der Waals surface area contributed by atoms with E-state index in [1.807, 2.05) is 0 Å². The highest BCUT2D eigenvalue weighted by Crippen LogP contribution is 2.21. The molecular formula is C13H10F3NO2S. The molecule has 0 radical (unpaired) electrons. The van der Waals surface area contributed by atoms with E-state index in [1.54, 1.807) is 6.07 Å². The molecule has 0 aliphatic carbocycles. The minimum absolute atomic E-state index is 0.153. The molecule has 0 fully saturated rings. The van der Waals surface area contributed by atoms with E-state index in [9.17, 15) is 21.6 Å². The van der Waals surface area contributed by atoms with E-state index in [-0.39, 0.29) is 22.4 Å². The molecule has 3 nitrogen and oxygen atoms in total. The zero-order chi connectivity index (χ0) is 14.9. The maximum Gasteiger partial charge on any atom is 0.238 e. The fourth-order valence-electron chi connectivity index (χ4n) is 1.83. The van der Waals surface area contributed by atoms with Crippen molar-refractivity contribution in [1.29, 1.82) is 0 Å². The third-order valence-electron chi connectivity index (χ3n) is 2.75. The first-order valence-electron chi connectivity index (χ1n) is 5.53. The molecule has 0 heterocycles. The van der Waals surface area contributed by atoms with Gasteiger partial charge in [0.2, 0.25) is 10.0 Å². The molecule has 2 rings (SSSR count). The van der Waals surface area contributed by atoms with Crippen molar-refractivity contribution in [3.8, 4) is 0 Å². The molecule has 0 unspecified atom stereocenters. The van der Waals surface area contributed by atoms with Crippen LogP contribution in [0.2, 0.25) is 0 Å². The Morgan fingerprint density at radius 2 is 1.50 bits per heavy atom. The highest BCUT2D eigenvalue weighted by Gasteiger charge is 2.16. The van der Waals surface area contributed by atoms with Crippen molar-refractivity contribution in [3.63, 3.8) is 0 Å². The highest BCUT2D eigenvalue weighted by molar-refractivity contribution is 7.89. The van der Waals surface area contributed by atoms with Crippen LogP contribution in [-0.2, 0) is 16.4 Å². The zero-order valence-electron chi connectivity index (χ0n) is 10.1. The van der Waals surface area contributed by atoms with Crippen LogP contribution in [0.5, 0.6) is 0 Å². The Morgan fingerprint density at radius 1 is 0.900 bits per heavy atom. The predicted octanol–water partition coefficient (Wildman–Crippen LogP) is 2.34. The minimum atomic E-state index is -3.97. The van der Waals surface area contributed by atoms with E-state index >= 15 is 0 Å². The molecule has 0 aromatic heterocycles. The quantitative estimate of drug-likeness (QED) is 0.885. The summed E-state index contributed by atoms with van der Waals surface area (Å²) in [5, 5.41) is 5.05. The number of sulfonamides is 1. The Hall–Kier alpha value is -1.86. The van der Waals surface area contributed by atoms with E-state index < -0.39 is 27.5 Å². The standard InChI is InChI=1S/C13H10F3NO2S/c14-10-7-12(16)11(15)6-9(10)5-8-3-1-2-4-13(8)20(17,18)19/h1-4,6-7H,5H2,(H2,17,18,19). The summed E-state index contributed by atoms with van der Waals surface area (Å²) in [6, 6.07) is 6.82. The zero-order valence-corrected chi connectivity index (χ0v) is 10.9. The molecule has 0 amide bonds. The average molecular weight is 301 g/mol. The molecule has 2 aromatic carbocycles. The van der Waals surface area contributed by atoms with Crippen LogP contribution in [0.15, 0.2) is 41.3 Å². The minimum Gasteiger partial charge on any atom is -0.225 e. The predicted molar refractivity (Wildman–Crippen MR) is 66.9 cm³/mol. The first-order valence-corrected chi connectivity index (χ1v) is 7.08. The second-order valence-electron chi connectivity index (χ2n) is 4.19. The lowest BCUT2D eigenvalue weighted by Gasteiger charge is -2.09. The van der Waals surface area contributed by atoms with Crippen LogP contribution in [0.1, 0.15) is 11.1 Å². The van der Waals surface area contributed by atoms with Crippen LogP contribution >= 0.6 is 0 Å².